The molecule has 7 heteroatoms. The van der Waals surface area contributed by atoms with Crippen molar-refractivity contribution in [3.05, 3.63) is 90.8 Å². The number of anilines is 1. The lowest BCUT2D eigenvalue weighted by molar-refractivity contribution is 0.461. The van der Waals surface area contributed by atoms with E-state index >= 15 is 0 Å². The Balaban J connectivity index is 2.09. The van der Waals surface area contributed by atoms with Crippen molar-refractivity contribution in [3.8, 4) is 5.75 Å². The maximum Gasteiger partial charge on any atom is 0.261 e. The molecule has 3 aromatic carbocycles. The van der Waals surface area contributed by atoms with E-state index in [1.807, 2.05) is 30.3 Å². The van der Waals surface area contributed by atoms with Crippen LogP contribution >= 0.6 is 11.8 Å². The number of hydrogen-bond acceptors (Lipinski definition) is 4. The van der Waals surface area contributed by atoms with Crippen molar-refractivity contribution < 1.29 is 17.9 Å². The van der Waals surface area contributed by atoms with Gasteiger partial charge < -0.3 is 5.11 Å². The molecule has 0 spiro atoms. The van der Waals surface area contributed by atoms with Crippen molar-refractivity contribution >= 4 is 39.6 Å². The number of hydrogen-bond donors (Lipinski definition) is 2. The third-order valence-corrected chi connectivity index (χ3v) is 6.51. The maximum atomic E-state index is 13.2. The normalized spacial score (nSPS) is 11.1. The Morgan fingerprint density at radius 1 is 0.966 bits per heavy atom. The molecule has 29 heavy (non-hydrogen) atoms. The van der Waals surface area contributed by atoms with Gasteiger partial charge in [-0.2, -0.15) is 0 Å². The summed E-state index contributed by atoms with van der Waals surface area (Å²) in [4.78, 5) is 1.24. The minimum atomic E-state index is -3.98. The Kier molecular flexibility index (Phi) is 6.10. The predicted octanol–water partition coefficient (Wildman–Crippen LogP) is 5.77. The molecule has 2 N–H and O–H groups in total. The van der Waals surface area contributed by atoms with E-state index < -0.39 is 15.8 Å². The molecule has 0 amide bonds. The van der Waals surface area contributed by atoms with Gasteiger partial charge in [-0.05, 0) is 42.5 Å². The molecule has 148 valence electrons. The Labute approximate surface area is 173 Å². The largest absolute Gasteiger partial charge is 0.506 e. The molecule has 4 nitrogen and oxygen atoms in total. The number of phenolic OH excluding ortho intramolecular Hbond substituents is 1. The number of nitrogens with one attached hydrogen (secondary N) is 1. The highest BCUT2D eigenvalue weighted by atomic mass is 32.2. The van der Waals surface area contributed by atoms with Gasteiger partial charge >= 0.3 is 0 Å². The average molecular weight is 428 g/mol. The van der Waals surface area contributed by atoms with E-state index in [-0.39, 0.29) is 16.3 Å². The second kappa shape index (κ2) is 8.55. The van der Waals surface area contributed by atoms with Crippen LogP contribution in [0.2, 0.25) is 0 Å². The zero-order chi connectivity index (χ0) is 21.0. The molecule has 0 heterocycles. The Morgan fingerprint density at radius 2 is 1.59 bits per heavy atom. The third-order valence-electron chi connectivity index (χ3n) is 4.09. The van der Waals surface area contributed by atoms with Crippen LogP contribution in [0.4, 0.5) is 10.1 Å². The fraction of sp³-hybridized carbons (Fsp3) is 0. The van der Waals surface area contributed by atoms with Gasteiger partial charge in [0.1, 0.15) is 11.6 Å². The average Bonchev–Trinajstić information content (AvgIpc) is 2.71. The maximum absolute atomic E-state index is 13.2. The first-order valence-corrected chi connectivity index (χ1v) is 10.8. The summed E-state index contributed by atoms with van der Waals surface area (Å²) in [6.07, 6.45) is 2.88. The third kappa shape index (κ3) is 4.52. The van der Waals surface area contributed by atoms with Crippen molar-refractivity contribution in [1.82, 2.24) is 0 Å². The van der Waals surface area contributed by atoms with E-state index in [0.29, 0.717) is 16.0 Å². The van der Waals surface area contributed by atoms with Gasteiger partial charge in [0.25, 0.3) is 10.0 Å². The van der Waals surface area contributed by atoms with Crippen molar-refractivity contribution in [2.45, 2.75) is 14.7 Å². The van der Waals surface area contributed by atoms with E-state index in [4.69, 9.17) is 0 Å². The molecule has 0 unspecified atom stereocenters. The summed E-state index contributed by atoms with van der Waals surface area (Å²) in [7, 11) is -3.98. The number of benzene rings is 3. The van der Waals surface area contributed by atoms with Gasteiger partial charge in [0, 0.05) is 16.0 Å². The molecule has 0 fully saturated rings. The first-order chi connectivity index (χ1) is 13.9. The Hall–Kier alpha value is -3.03. The zero-order valence-electron chi connectivity index (χ0n) is 15.3. The van der Waals surface area contributed by atoms with Crippen LogP contribution in [0.3, 0.4) is 0 Å². The highest BCUT2D eigenvalue weighted by molar-refractivity contribution is 7.99. The summed E-state index contributed by atoms with van der Waals surface area (Å²) in [5.74, 6) is -0.552. The number of aromatic hydroxyl groups is 1. The SMILES string of the molecule is C=Cc1c(NS(=O)(=O)c2ccc(F)cc2)cc(Sc2ccccc2)c(O)c1C=C. The lowest BCUT2D eigenvalue weighted by Crippen LogP contribution is -2.14. The van der Waals surface area contributed by atoms with Crippen LogP contribution in [0.25, 0.3) is 12.2 Å². The minimum absolute atomic E-state index is 0.0199. The summed E-state index contributed by atoms with van der Waals surface area (Å²) < 4.78 is 41.2. The second-order valence-electron chi connectivity index (χ2n) is 5.98. The molecule has 0 saturated heterocycles. The van der Waals surface area contributed by atoms with Crippen LogP contribution in [0, 0.1) is 5.82 Å². The first-order valence-electron chi connectivity index (χ1n) is 8.52. The quantitative estimate of drug-likeness (QED) is 0.470. The standard InChI is InChI=1S/C22H18FNO3S2/c1-3-18-19(4-2)22(25)21(28-16-8-6-5-7-9-16)14-20(18)24-29(26,27)17-12-10-15(23)11-13-17/h3-14,24-25H,1-2H2. The molecule has 0 aliphatic heterocycles. The summed E-state index contributed by atoms with van der Waals surface area (Å²) >= 11 is 1.28. The molecule has 3 rings (SSSR count). The molecule has 0 aliphatic carbocycles. The van der Waals surface area contributed by atoms with E-state index in [2.05, 4.69) is 17.9 Å². The highest BCUT2D eigenvalue weighted by Gasteiger charge is 2.20. The van der Waals surface area contributed by atoms with Gasteiger partial charge in [-0.3, -0.25) is 4.72 Å². The molecule has 0 aromatic heterocycles. The molecule has 3 aromatic rings. The van der Waals surface area contributed by atoms with Gasteiger partial charge in [-0.25, -0.2) is 12.8 Å². The lowest BCUT2D eigenvalue weighted by Gasteiger charge is -2.17. The monoisotopic (exact) mass is 427 g/mol. The summed E-state index contributed by atoms with van der Waals surface area (Å²) in [6, 6.07) is 15.4. The number of rotatable bonds is 7. The van der Waals surface area contributed by atoms with Crippen molar-refractivity contribution in [2.75, 3.05) is 4.72 Å². The zero-order valence-corrected chi connectivity index (χ0v) is 16.9. The van der Waals surface area contributed by atoms with E-state index in [9.17, 15) is 17.9 Å². The molecule has 0 bridgehead atoms. The van der Waals surface area contributed by atoms with Crippen molar-refractivity contribution in [2.24, 2.45) is 0 Å². The van der Waals surface area contributed by atoms with Crippen LogP contribution in [0.5, 0.6) is 5.75 Å². The molecule has 0 radical (unpaired) electrons. The fourth-order valence-electron chi connectivity index (χ4n) is 2.70. The Bertz CT molecular complexity index is 1160. The second-order valence-corrected chi connectivity index (χ2v) is 8.78. The number of phenols is 1. The van der Waals surface area contributed by atoms with Crippen LogP contribution in [-0.4, -0.2) is 13.5 Å². The van der Waals surface area contributed by atoms with Gasteiger partial charge in [0.15, 0.2) is 0 Å². The number of halogens is 1. The van der Waals surface area contributed by atoms with Crippen LogP contribution in [0.1, 0.15) is 11.1 Å². The van der Waals surface area contributed by atoms with E-state index in [1.165, 1.54) is 42.1 Å². The summed E-state index contributed by atoms with van der Waals surface area (Å²) in [5, 5.41) is 10.7. The molecule has 0 saturated carbocycles. The van der Waals surface area contributed by atoms with Gasteiger partial charge in [-0.1, -0.05) is 55.3 Å². The fourth-order valence-corrected chi connectivity index (χ4v) is 4.71. The minimum Gasteiger partial charge on any atom is -0.506 e. The topological polar surface area (TPSA) is 66.4 Å². The molecular weight excluding hydrogens is 409 g/mol. The summed E-state index contributed by atoms with van der Waals surface area (Å²) in [6.45, 7) is 7.44. The summed E-state index contributed by atoms with van der Waals surface area (Å²) in [5.41, 5.74) is 0.980. The van der Waals surface area contributed by atoms with Crippen LogP contribution < -0.4 is 4.72 Å². The highest BCUT2D eigenvalue weighted by Crippen LogP contribution is 2.42. The predicted molar refractivity (Wildman–Crippen MR) is 116 cm³/mol. The molecule has 0 atom stereocenters. The number of sulfonamides is 1. The van der Waals surface area contributed by atoms with Crippen LogP contribution in [-0.2, 0) is 10.0 Å². The molecule has 0 aliphatic rings. The van der Waals surface area contributed by atoms with Crippen LogP contribution in [0.15, 0.2) is 88.5 Å². The van der Waals surface area contributed by atoms with Gasteiger partial charge in [0.2, 0.25) is 0 Å². The van der Waals surface area contributed by atoms with Gasteiger partial charge in [-0.15, -0.1) is 0 Å². The molecular formula is C22H18FNO3S2. The van der Waals surface area contributed by atoms with E-state index in [0.717, 1.165) is 17.0 Å². The van der Waals surface area contributed by atoms with Gasteiger partial charge in [0.05, 0.1) is 15.5 Å². The smallest absolute Gasteiger partial charge is 0.261 e. The Morgan fingerprint density at radius 3 is 2.17 bits per heavy atom. The van der Waals surface area contributed by atoms with E-state index in [1.54, 1.807) is 0 Å². The lowest BCUT2D eigenvalue weighted by atomic mass is 10.0. The van der Waals surface area contributed by atoms with Crippen molar-refractivity contribution in [1.29, 1.82) is 0 Å². The first kappa shape index (κ1) is 20.7. The van der Waals surface area contributed by atoms with Crippen molar-refractivity contribution in [3.63, 3.8) is 0 Å².